The zero-order valence-electron chi connectivity index (χ0n) is 11.1. The Balaban J connectivity index is 1.97. The molecule has 0 aliphatic rings. The van der Waals surface area contributed by atoms with Gasteiger partial charge in [0.1, 0.15) is 16.6 Å². The topological polar surface area (TPSA) is 46.6 Å². The summed E-state index contributed by atoms with van der Waals surface area (Å²) < 4.78 is 32.3. The number of rotatable bonds is 6. The molecule has 8 heteroatoms. The summed E-state index contributed by atoms with van der Waals surface area (Å²) in [6.45, 7) is 0.532. The SMILES string of the molecule is CN(CCOc1ccccc1)S(=O)(=O)c1cc(Cl)c(Br)s1. The van der Waals surface area contributed by atoms with Crippen LogP contribution in [-0.4, -0.2) is 32.9 Å². The van der Waals surface area contributed by atoms with Gasteiger partial charge in [-0.3, -0.25) is 0 Å². The zero-order chi connectivity index (χ0) is 15.5. The first-order valence-electron chi connectivity index (χ1n) is 6.00. The number of benzene rings is 1. The van der Waals surface area contributed by atoms with E-state index in [4.69, 9.17) is 16.3 Å². The molecule has 0 atom stereocenters. The molecule has 1 aromatic carbocycles. The van der Waals surface area contributed by atoms with Gasteiger partial charge in [-0.1, -0.05) is 29.8 Å². The van der Waals surface area contributed by atoms with E-state index in [0.717, 1.165) is 11.3 Å². The molecular weight excluding hydrogens is 398 g/mol. The number of thiophene rings is 1. The number of likely N-dealkylation sites (N-methyl/N-ethyl adjacent to an activating group) is 1. The summed E-state index contributed by atoms with van der Waals surface area (Å²) in [5.74, 6) is 0.713. The summed E-state index contributed by atoms with van der Waals surface area (Å²) in [4.78, 5) is 0. The number of halogens is 2. The van der Waals surface area contributed by atoms with Crippen LogP contribution >= 0.6 is 38.9 Å². The Morgan fingerprint density at radius 1 is 1.33 bits per heavy atom. The first-order valence-corrected chi connectivity index (χ1v) is 9.43. The first-order chi connectivity index (χ1) is 9.91. The van der Waals surface area contributed by atoms with Crippen LogP contribution in [0.5, 0.6) is 5.75 Å². The van der Waals surface area contributed by atoms with Gasteiger partial charge >= 0.3 is 0 Å². The van der Waals surface area contributed by atoms with E-state index in [9.17, 15) is 8.42 Å². The molecule has 0 fully saturated rings. The van der Waals surface area contributed by atoms with Gasteiger partial charge in [0.2, 0.25) is 0 Å². The Kier molecular flexibility index (Phi) is 5.67. The number of hydrogen-bond acceptors (Lipinski definition) is 4. The van der Waals surface area contributed by atoms with E-state index in [1.165, 1.54) is 17.4 Å². The highest BCUT2D eigenvalue weighted by atomic mass is 79.9. The monoisotopic (exact) mass is 409 g/mol. The third-order valence-corrected chi connectivity index (χ3v) is 7.49. The van der Waals surface area contributed by atoms with Crippen molar-refractivity contribution in [3.63, 3.8) is 0 Å². The molecule has 0 bridgehead atoms. The molecule has 0 aliphatic carbocycles. The minimum atomic E-state index is -3.54. The van der Waals surface area contributed by atoms with Crippen LogP contribution in [-0.2, 0) is 10.0 Å². The van der Waals surface area contributed by atoms with Crippen LogP contribution in [0.4, 0.5) is 0 Å². The number of nitrogens with zero attached hydrogens (tertiary/aromatic N) is 1. The fraction of sp³-hybridized carbons (Fsp3) is 0.231. The van der Waals surface area contributed by atoms with Crippen molar-refractivity contribution in [2.24, 2.45) is 0 Å². The fourth-order valence-corrected chi connectivity index (χ4v) is 5.30. The first kappa shape index (κ1) is 16.8. The van der Waals surface area contributed by atoms with Crippen molar-refractivity contribution in [2.45, 2.75) is 4.21 Å². The minimum absolute atomic E-state index is 0.210. The Labute approximate surface area is 141 Å². The normalized spacial score (nSPS) is 11.8. The zero-order valence-corrected chi connectivity index (χ0v) is 15.1. The van der Waals surface area contributed by atoms with Gasteiger partial charge < -0.3 is 4.74 Å². The van der Waals surface area contributed by atoms with E-state index in [2.05, 4.69) is 15.9 Å². The molecule has 0 spiro atoms. The molecule has 0 saturated heterocycles. The molecule has 0 N–H and O–H groups in total. The van der Waals surface area contributed by atoms with Gasteiger partial charge in [-0.25, -0.2) is 8.42 Å². The number of ether oxygens (including phenoxy) is 1. The Morgan fingerprint density at radius 3 is 2.57 bits per heavy atom. The quantitative estimate of drug-likeness (QED) is 0.726. The van der Waals surface area contributed by atoms with Gasteiger partial charge in [-0.15, -0.1) is 11.3 Å². The van der Waals surface area contributed by atoms with Crippen molar-refractivity contribution in [3.8, 4) is 5.75 Å². The molecule has 2 rings (SSSR count). The van der Waals surface area contributed by atoms with Crippen molar-refractivity contribution >= 4 is 48.9 Å². The highest BCUT2D eigenvalue weighted by Crippen LogP contribution is 2.35. The van der Waals surface area contributed by atoms with E-state index in [0.29, 0.717) is 14.6 Å². The molecule has 1 aromatic heterocycles. The lowest BCUT2D eigenvalue weighted by atomic mass is 10.3. The van der Waals surface area contributed by atoms with Crippen LogP contribution in [0.15, 0.2) is 44.4 Å². The fourth-order valence-electron chi connectivity index (χ4n) is 1.54. The second-order valence-electron chi connectivity index (χ2n) is 4.18. The molecule has 0 saturated carbocycles. The van der Waals surface area contributed by atoms with Crippen LogP contribution in [0, 0.1) is 0 Å². The number of hydrogen-bond donors (Lipinski definition) is 0. The molecule has 4 nitrogen and oxygen atoms in total. The summed E-state index contributed by atoms with van der Waals surface area (Å²) >= 11 is 10.2. The second-order valence-corrected chi connectivity index (χ2v) is 9.22. The maximum atomic E-state index is 12.3. The lowest BCUT2D eigenvalue weighted by molar-refractivity contribution is 0.287. The van der Waals surface area contributed by atoms with Gasteiger partial charge in [0.05, 0.1) is 8.81 Å². The van der Waals surface area contributed by atoms with Crippen molar-refractivity contribution in [1.82, 2.24) is 4.31 Å². The summed E-state index contributed by atoms with van der Waals surface area (Å²) in [6.07, 6.45) is 0. The third kappa shape index (κ3) is 4.20. The molecular formula is C13H13BrClNO3S2. The predicted octanol–water partition coefficient (Wildman–Crippen LogP) is 3.86. The summed E-state index contributed by atoms with van der Waals surface area (Å²) in [7, 11) is -2.02. The molecule has 0 radical (unpaired) electrons. The van der Waals surface area contributed by atoms with Gasteiger partial charge in [0, 0.05) is 13.6 Å². The summed E-state index contributed by atoms with van der Waals surface area (Å²) in [5.41, 5.74) is 0. The van der Waals surface area contributed by atoms with E-state index >= 15 is 0 Å². The van der Waals surface area contributed by atoms with Crippen LogP contribution in [0.1, 0.15) is 0 Å². The van der Waals surface area contributed by atoms with E-state index in [-0.39, 0.29) is 17.4 Å². The highest BCUT2D eigenvalue weighted by Gasteiger charge is 2.24. The molecule has 114 valence electrons. The molecule has 21 heavy (non-hydrogen) atoms. The van der Waals surface area contributed by atoms with E-state index in [1.807, 2.05) is 30.3 Å². The molecule has 0 aliphatic heterocycles. The van der Waals surface area contributed by atoms with Gasteiger partial charge in [0.25, 0.3) is 10.0 Å². The smallest absolute Gasteiger partial charge is 0.252 e. The Bertz CT molecular complexity index is 684. The van der Waals surface area contributed by atoms with Crippen molar-refractivity contribution < 1.29 is 13.2 Å². The molecule has 1 heterocycles. The number of sulfonamides is 1. The van der Waals surface area contributed by atoms with Gasteiger partial charge in [-0.05, 0) is 34.1 Å². The summed E-state index contributed by atoms with van der Waals surface area (Å²) in [6, 6.07) is 10.7. The minimum Gasteiger partial charge on any atom is -0.492 e. The van der Waals surface area contributed by atoms with Gasteiger partial charge in [0.15, 0.2) is 0 Å². The van der Waals surface area contributed by atoms with E-state index < -0.39 is 10.0 Å². The maximum Gasteiger partial charge on any atom is 0.252 e. The third-order valence-electron chi connectivity index (χ3n) is 2.71. The second kappa shape index (κ2) is 7.11. The lowest BCUT2D eigenvalue weighted by Crippen LogP contribution is -2.30. The molecule has 0 unspecified atom stereocenters. The largest absolute Gasteiger partial charge is 0.492 e. The van der Waals surface area contributed by atoms with E-state index in [1.54, 1.807) is 0 Å². The lowest BCUT2D eigenvalue weighted by Gasteiger charge is -2.16. The predicted molar refractivity (Wildman–Crippen MR) is 88.8 cm³/mol. The Morgan fingerprint density at radius 2 is 2.00 bits per heavy atom. The van der Waals surface area contributed by atoms with Crippen molar-refractivity contribution in [2.75, 3.05) is 20.2 Å². The van der Waals surface area contributed by atoms with Crippen LogP contribution in [0.3, 0.4) is 0 Å². The average Bonchev–Trinajstić information content (AvgIpc) is 2.80. The highest BCUT2D eigenvalue weighted by molar-refractivity contribution is 9.11. The average molecular weight is 411 g/mol. The van der Waals surface area contributed by atoms with Crippen molar-refractivity contribution in [1.29, 1.82) is 0 Å². The summed E-state index contributed by atoms with van der Waals surface area (Å²) in [5, 5.41) is 0.396. The number of para-hydroxylation sites is 1. The maximum absolute atomic E-state index is 12.3. The molecule has 2 aromatic rings. The molecule has 0 amide bonds. The standard InChI is InChI=1S/C13H13BrClNO3S2/c1-16(7-8-19-10-5-3-2-4-6-10)21(17,18)12-9-11(15)13(14)20-12/h2-6,9H,7-8H2,1H3. The van der Waals surface area contributed by atoms with Crippen LogP contribution in [0.2, 0.25) is 5.02 Å². The van der Waals surface area contributed by atoms with Crippen molar-refractivity contribution in [3.05, 3.63) is 45.2 Å². The van der Waals surface area contributed by atoms with Crippen LogP contribution in [0.25, 0.3) is 0 Å². The Hall–Kier alpha value is -0.600. The van der Waals surface area contributed by atoms with Gasteiger partial charge in [-0.2, -0.15) is 4.31 Å². The van der Waals surface area contributed by atoms with Crippen LogP contribution < -0.4 is 4.74 Å².